The van der Waals surface area contributed by atoms with Gasteiger partial charge in [0, 0.05) is 10.6 Å². The van der Waals surface area contributed by atoms with Crippen molar-refractivity contribution in [3.05, 3.63) is 51.5 Å². The summed E-state index contributed by atoms with van der Waals surface area (Å²) < 4.78 is 18.1. The smallest absolute Gasteiger partial charge is 0.348 e. The summed E-state index contributed by atoms with van der Waals surface area (Å²) in [6.45, 7) is 1.81. The molecule has 1 atom stereocenters. The highest BCUT2D eigenvalue weighted by Crippen LogP contribution is 2.32. The molecule has 2 aromatic rings. The van der Waals surface area contributed by atoms with Crippen molar-refractivity contribution in [1.82, 2.24) is 0 Å². The number of halogens is 1. The zero-order chi connectivity index (χ0) is 17.1. The van der Waals surface area contributed by atoms with Crippen molar-refractivity contribution in [2.45, 2.75) is 26.2 Å². The number of aryl methyl sites for hydroxylation is 1. The number of anilines is 1. The number of carbonyl (C=O) groups is 2. The number of nitrogens with one attached hydrogen (secondary N) is 1. The van der Waals surface area contributed by atoms with E-state index in [0.29, 0.717) is 16.5 Å². The summed E-state index contributed by atoms with van der Waals surface area (Å²) in [4.78, 5) is 25.7. The van der Waals surface area contributed by atoms with Crippen molar-refractivity contribution in [3.8, 4) is 0 Å². The van der Waals surface area contributed by atoms with Crippen molar-refractivity contribution in [2.75, 3.05) is 11.9 Å². The fraction of sp³-hybridized carbons (Fsp3) is 0.333. The SMILES string of the molecule is C[C@@H]1CCc2sc(C(=O)OCC(=O)Nc3cccc(F)c3)cc2C1. The standard InChI is InChI=1S/C18H18FNO3S/c1-11-5-6-15-12(7-11)8-16(24-15)18(22)23-10-17(21)20-14-4-2-3-13(19)9-14/h2-4,8-9,11H,5-7,10H2,1H3,(H,20,21)/t11-/m1/s1. The van der Waals surface area contributed by atoms with Gasteiger partial charge in [-0.3, -0.25) is 4.79 Å². The zero-order valence-corrected chi connectivity index (χ0v) is 14.1. The van der Waals surface area contributed by atoms with E-state index >= 15 is 0 Å². The number of carbonyl (C=O) groups excluding carboxylic acids is 2. The third-order valence-corrected chi connectivity index (χ3v) is 5.19. The molecule has 1 aliphatic rings. The van der Waals surface area contributed by atoms with Gasteiger partial charge in [0.2, 0.25) is 0 Å². The van der Waals surface area contributed by atoms with E-state index in [1.165, 1.54) is 40.0 Å². The summed E-state index contributed by atoms with van der Waals surface area (Å²) in [5.74, 6) is -0.795. The molecule has 0 bridgehead atoms. The van der Waals surface area contributed by atoms with Crippen LogP contribution in [0.1, 0.15) is 33.5 Å². The van der Waals surface area contributed by atoms with Gasteiger partial charge < -0.3 is 10.1 Å². The lowest BCUT2D eigenvalue weighted by Gasteiger charge is -2.16. The Balaban J connectivity index is 1.55. The molecule has 0 saturated carbocycles. The molecular weight excluding hydrogens is 329 g/mol. The van der Waals surface area contributed by atoms with Crippen LogP contribution in [0.2, 0.25) is 0 Å². The van der Waals surface area contributed by atoms with E-state index in [1.807, 2.05) is 6.07 Å². The number of esters is 1. The van der Waals surface area contributed by atoms with Gasteiger partial charge in [-0.15, -0.1) is 11.3 Å². The Morgan fingerprint density at radius 3 is 3.00 bits per heavy atom. The molecule has 0 unspecified atom stereocenters. The van der Waals surface area contributed by atoms with Gasteiger partial charge in [-0.1, -0.05) is 13.0 Å². The Kier molecular flexibility index (Phi) is 4.94. The second-order valence-corrected chi connectivity index (χ2v) is 7.18. The Hall–Kier alpha value is -2.21. The third-order valence-electron chi connectivity index (χ3n) is 3.97. The molecule has 3 rings (SSSR count). The Morgan fingerprint density at radius 2 is 2.21 bits per heavy atom. The Bertz CT molecular complexity index is 771. The molecule has 1 aromatic heterocycles. The van der Waals surface area contributed by atoms with Crippen LogP contribution in [-0.4, -0.2) is 18.5 Å². The maximum atomic E-state index is 13.1. The normalized spacial score (nSPS) is 16.3. The summed E-state index contributed by atoms with van der Waals surface area (Å²) in [7, 11) is 0. The van der Waals surface area contributed by atoms with Crippen LogP contribution in [0, 0.1) is 11.7 Å². The topological polar surface area (TPSA) is 55.4 Å². The third kappa shape index (κ3) is 4.00. The second kappa shape index (κ2) is 7.13. The molecule has 0 fully saturated rings. The van der Waals surface area contributed by atoms with Gasteiger partial charge in [-0.2, -0.15) is 0 Å². The van der Waals surface area contributed by atoms with Gasteiger partial charge >= 0.3 is 5.97 Å². The van der Waals surface area contributed by atoms with Gasteiger partial charge in [0.05, 0.1) is 0 Å². The first kappa shape index (κ1) is 16.6. The number of fused-ring (bicyclic) bond motifs is 1. The summed E-state index contributed by atoms with van der Waals surface area (Å²) in [5.41, 5.74) is 1.55. The van der Waals surface area contributed by atoms with Crippen LogP contribution < -0.4 is 5.32 Å². The van der Waals surface area contributed by atoms with Gasteiger partial charge in [0.1, 0.15) is 10.7 Å². The molecule has 1 amide bonds. The number of thiophene rings is 1. The van der Waals surface area contributed by atoms with Crippen molar-refractivity contribution < 1.29 is 18.7 Å². The van der Waals surface area contributed by atoms with Crippen LogP contribution in [0.3, 0.4) is 0 Å². The fourth-order valence-electron chi connectivity index (χ4n) is 2.77. The van der Waals surface area contributed by atoms with Crippen molar-refractivity contribution >= 4 is 28.9 Å². The lowest BCUT2D eigenvalue weighted by Crippen LogP contribution is -2.20. The molecule has 126 valence electrons. The van der Waals surface area contributed by atoms with E-state index in [9.17, 15) is 14.0 Å². The maximum absolute atomic E-state index is 13.1. The van der Waals surface area contributed by atoms with E-state index in [4.69, 9.17) is 4.74 Å². The number of hydrogen-bond acceptors (Lipinski definition) is 4. The molecule has 24 heavy (non-hydrogen) atoms. The van der Waals surface area contributed by atoms with E-state index in [2.05, 4.69) is 12.2 Å². The number of benzene rings is 1. The van der Waals surface area contributed by atoms with Crippen molar-refractivity contribution in [2.24, 2.45) is 5.92 Å². The minimum Gasteiger partial charge on any atom is -0.451 e. The van der Waals surface area contributed by atoms with Crippen LogP contribution in [0.4, 0.5) is 10.1 Å². The van der Waals surface area contributed by atoms with Crippen molar-refractivity contribution in [3.63, 3.8) is 0 Å². The van der Waals surface area contributed by atoms with Crippen LogP contribution in [0.15, 0.2) is 30.3 Å². The van der Waals surface area contributed by atoms with Crippen LogP contribution in [0.25, 0.3) is 0 Å². The minimum absolute atomic E-state index is 0.330. The Morgan fingerprint density at radius 1 is 1.38 bits per heavy atom. The first-order valence-electron chi connectivity index (χ1n) is 7.85. The molecule has 6 heteroatoms. The highest BCUT2D eigenvalue weighted by atomic mass is 32.1. The number of hydrogen-bond donors (Lipinski definition) is 1. The molecule has 4 nitrogen and oxygen atoms in total. The molecule has 0 radical (unpaired) electrons. The molecule has 1 aliphatic carbocycles. The minimum atomic E-state index is -0.496. The molecular formula is C18H18FNO3S. The first-order valence-corrected chi connectivity index (χ1v) is 8.67. The monoisotopic (exact) mass is 347 g/mol. The molecule has 1 aromatic carbocycles. The van der Waals surface area contributed by atoms with Gasteiger partial charge in [-0.25, -0.2) is 9.18 Å². The van der Waals surface area contributed by atoms with Gasteiger partial charge in [-0.05, 0) is 55.0 Å². The van der Waals surface area contributed by atoms with E-state index in [1.54, 1.807) is 6.07 Å². The van der Waals surface area contributed by atoms with Crippen LogP contribution >= 0.6 is 11.3 Å². The van der Waals surface area contributed by atoms with Crippen molar-refractivity contribution in [1.29, 1.82) is 0 Å². The first-order chi connectivity index (χ1) is 11.5. The molecule has 1 heterocycles. The summed E-state index contributed by atoms with van der Waals surface area (Å²) >= 11 is 1.45. The fourth-order valence-corrected chi connectivity index (χ4v) is 3.87. The summed E-state index contributed by atoms with van der Waals surface area (Å²) in [6, 6.07) is 7.43. The average molecular weight is 347 g/mol. The molecule has 1 N–H and O–H groups in total. The molecule has 0 saturated heterocycles. The predicted molar refractivity (Wildman–Crippen MR) is 90.8 cm³/mol. The lowest BCUT2D eigenvalue weighted by atomic mass is 9.90. The highest BCUT2D eigenvalue weighted by Gasteiger charge is 2.21. The van der Waals surface area contributed by atoms with Crippen LogP contribution in [-0.2, 0) is 22.4 Å². The number of amides is 1. The number of ether oxygens (including phenoxy) is 1. The van der Waals surface area contributed by atoms with Gasteiger partial charge in [0.25, 0.3) is 5.91 Å². The largest absolute Gasteiger partial charge is 0.451 e. The predicted octanol–water partition coefficient (Wildman–Crippen LogP) is 3.81. The second-order valence-electron chi connectivity index (χ2n) is 6.04. The summed E-state index contributed by atoms with van der Waals surface area (Å²) in [5, 5.41) is 2.49. The average Bonchev–Trinajstić information content (AvgIpc) is 2.95. The Labute approximate surface area is 143 Å². The zero-order valence-electron chi connectivity index (χ0n) is 13.3. The molecule has 0 aliphatic heterocycles. The van der Waals surface area contributed by atoms with E-state index in [-0.39, 0.29) is 0 Å². The quantitative estimate of drug-likeness (QED) is 0.856. The highest BCUT2D eigenvalue weighted by molar-refractivity contribution is 7.14. The van der Waals surface area contributed by atoms with Gasteiger partial charge in [0.15, 0.2) is 6.61 Å². The number of rotatable bonds is 4. The molecule has 0 spiro atoms. The van der Waals surface area contributed by atoms with E-state index in [0.717, 1.165) is 19.3 Å². The van der Waals surface area contributed by atoms with Crippen LogP contribution in [0.5, 0.6) is 0 Å². The summed E-state index contributed by atoms with van der Waals surface area (Å²) in [6.07, 6.45) is 3.12. The lowest BCUT2D eigenvalue weighted by molar-refractivity contribution is -0.119. The van der Waals surface area contributed by atoms with E-state index < -0.39 is 24.3 Å². The maximum Gasteiger partial charge on any atom is 0.348 e.